The number of nitrogens with zero attached hydrogens (tertiary/aromatic N) is 3. The zero-order valence-corrected chi connectivity index (χ0v) is 14.2. The lowest BCUT2D eigenvalue weighted by atomic mass is 10.2. The van der Waals surface area contributed by atoms with Gasteiger partial charge in [-0.2, -0.15) is 4.31 Å². The highest BCUT2D eigenvalue weighted by molar-refractivity contribution is 7.88. The van der Waals surface area contributed by atoms with Crippen molar-refractivity contribution in [1.29, 1.82) is 0 Å². The number of aryl methyl sites for hydroxylation is 1. The highest BCUT2D eigenvalue weighted by Crippen LogP contribution is 2.13. The second kappa shape index (κ2) is 7.28. The van der Waals surface area contributed by atoms with Gasteiger partial charge in [-0.1, -0.05) is 5.16 Å². The van der Waals surface area contributed by atoms with Gasteiger partial charge in [0.15, 0.2) is 0 Å². The molecule has 11 heteroatoms. The van der Waals surface area contributed by atoms with Gasteiger partial charge in [0.2, 0.25) is 15.8 Å². The molecule has 0 spiro atoms. The third-order valence-electron chi connectivity index (χ3n) is 3.45. The van der Waals surface area contributed by atoms with Crippen LogP contribution in [-0.2, 0) is 19.6 Å². The number of carbonyl (C=O) groups excluding carboxylic acids is 1. The molecule has 1 fully saturated rings. The Morgan fingerprint density at radius 2 is 2.21 bits per heavy atom. The van der Waals surface area contributed by atoms with E-state index >= 15 is 0 Å². The number of aromatic nitrogens is 1. The van der Waals surface area contributed by atoms with Crippen LogP contribution in [0.5, 0.6) is 0 Å². The molecule has 1 amide bonds. The number of carboxylic acids is 1. The van der Waals surface area contributed by atoms with Gasteiger partial charge in [-0.3, -0.25) is 9.59 Å². The lowest BCUT2D eigenvalue weighted by molar-refractivity contribution is -0.137. The molecule has 0 saturated carbocycles. The first-order valence-electron chi connectivity index (χ1n) is 7.18. The third-order valence-corrected chi connectivity index (χ3v) is 4.67. The van der Waals surface area contributed by atoms with Crippen LogP contribution in [0.25, 0.3) is 0 Å². The lowest BCUT2D eigenvalue weighted by Crippen LogP contribution is -2.51. The Hall–Kier alpha value is -1.98. The highest BCUT2D eigenvalue weighted by atomic mass is 32.2. The minimum Gasteiger partial charge on any atom is -0.480 e. The van der Waals surface area contributed by atoms with Crippen molar-refractivity contribution in [2.24, 2.45) is 0 Å². The normalized spacial score (nSPS) is 18.8. The molecule has 1 N–H and O–H groups in total. The first-order chi connectivity index (χ1) is 11.2. The smallest absolute Gasteiger partial charge is 0.318 e. The second-order valence-corrected chi connectivity index (χ2v) is 7.51. The van der Waals surface area contributed by atoms with E-state index < -0.39 is 28.6 Å². The molecule has 1 aromatic rings. The van der Waals surface area contributed by atoms with E-state index in [0.29, 0.717) is 12.2 Å². The van der Waals surface area contributed by atoms with Crippen molar-refractivity contribution in [2.75, 3.05) is 39.0 Å². The molecule has 0 aliphatic carbocycles. The van der Waals surface area contributed by atoms with Crippen LogP contribution in [0.2, 0.25) is 0 Å². The van der Waals surface area contributed by atoms with Gasteiger partial charge in [-0.25, -0.2) is 8.42 Å². The summed E-state index contributed by atoms with van der Waals surface area (Å²) in [5, 5.41) is 12.5. The molecular weight excluding hydrogens is 342 g/mol. The Bertz CT molecular complexity index is 715. The van der Waals surface area contributed by atoms with Crippen LogP contribution >= 0.6 is 0 Å². The summed E-state index contributed by atoms with van der Waals surface area (Å²) in [6.07, 6.45) is 0.305. The average Bonchev–Trinajstić information content (AvgIpc) is 2.91. The third kappa shape index (κ3) is 4.76. The van der Waals surface area contributed by atoms with Crippen molar-refractivity contribution >= 4 is 21.9 Å². The number of morpholine rings is 1. The predicted molar refractivity (Wildman–Crippen MR) is 80.9 cm³/mol. The molecule has 0 aromatic carbocycles. The van der Waals surface area contributed by atoms with Gasteiger partial charge < -0.3 is 19.3 Å². The predicted octanol–water partition coefficient (Wildman–Crippen LogP) is -0.830. The summed E-state index contributed by atoms with van der Waals surface area (Å²) < 4.78 is 34.6. The second-order valence-electron chi connectivity index (χ2n) is 5.53. The Labute approximate surface area is 139 Å². The van der Waals surface area contributed by atoms with E-state index in [0.717, 1.165) is 10.6 Å². The molecule has 1 atom stereocenters. The molecule has 1 aromatic heterocycles. The van der Waals surface area contributed by atoms with Gasteiger partial charge in [0.1, 0.15) is 6.54 Å². The van der Waals surface area contributed by atoms with Crippen LogP contribution in [-0.4, -0.2) is 84.9 Å². The van der Waals surface area contributed by atoms with Crippen molar-refractivity contribution in [2.45, 2.75) is 13.0 Å². The van der Waals surface area contributed by atoms with Gasteiger partial charge >= 0.3 is 5.97 Å². The summed E-state index contributed by atoms with van der Waals surface area (Å²) in [7, 11) is -3.71. The number of carbonyl (C=O) groups is 2. The minimum absolute atomic E-state index is 0.0960. The van der Waals surface area contributed by atoms with Gasteiger partial charge in [0.25, 0.3) is 5.91 Å². The van der Waals surface area contributed by atoms with Gasteiger partial charge in [0.05, 0.1) is 24.7 Å². The molecule has 0 bridgehead atoms. The summed E-state index contributed by atoms with van der Waals surface area (Å²) in [6.45, 7) is 1.56. The molecule has 1 saturated heterocycles. The first kappa shape index (κ1) is 18.4. The largest absolute Gasteiger partial charge is 0.480 e. The van der Waals surface area contributed by atoms with E-state index in [1.807, 2.05) is 0 Å². The average molecular weight is 361 g/mol. The van der Waals surface area contributed by atoms with Crippen molar-refractivity contribution in [3.05, 3.63) is 17.5 Å². The maximum Gasteiger partial charge on any atom is 0.318 e. The number of sulfonamides is 1. The number of amides is 1. The van der Waals surface area contributed by atoms with Crippen LogP contribution in [0.15, 0.2) is 10.6 Å². The van der Waals surface area contributed by atoms with Crippen molar-refractivity contribution in [3.8, 4) is 0 Å². The molecular formula is C13H19N3O7S. The molecule has 2 heterocycles. The number of ether oxygens (including phenoxy) is 1. The summed E-state index contributed by atoms with van der Waals surface area (Å²) in [6, 6.07) is 1.51. The number of hydrogen-bond donors (Lipinski definition) is 1. The highest BCUT2D eigenvalue weighted by Gasteiger charge is 2.31. The zero-order valence-electron chi connectivity index (χ0n) is 13.3. The summed E-state index contributed by atoms with van der Waals surface area (Å²) in [5.74, 6) is -1.53. The Balaban J connectivity index is 2.04. The monoisotopic (exact) mass is 361 g/mol. The Kier molecular flexibility index (Phi) is 5.57. The van der Waals surface area contributed by atoms with Gasteiger partial charge in [0, 0.05) is 25.7 Å². The summed E-state index contributed by atoms with van der Waals surface area (Å²) >= 11 is 0. The zero-order chi connectivity index (χ0) is 17.9. The SMILES string of the molecule is Cc1cc(C(=O)N2CCO[C@H](CN(CC(=O)O)S(C)(=O)=O)C2)on1. The maximum absolute atomic E-state index is 12.3. The fraction of sp³-hybridized carbons (Fsp3) is 0.615. The molecule has 1 aliphatic rings. The molecule has 24 heavy (non-hydrogen) atoms. The number of aliphatic carboxylic acids is 1. The van der Waals surface area contributed by atoms with E-state index in [9.17, 15) is 18.0 Å². The molecule has 10 nitrogen and oxygen atoms in total. The fourth-order valence-electron chi connectivity index (χ4n) is 2.33. The number of carboxylic acid groups (broad SMARTS) is 1. The molecule has 0 unspecified atom stereocenters. The van der Waals surface area contributed by atoms with E-state index in [2.05, 4.69) is 5.16 Å². The van der Waals surface area contributed by atoms with Crippen LogP contribution in [0, 0.1) is 6.92 Å². The molecule has 2 rings (SSSR count). The van der Waals surface area contributed by atoms with Crippen molar-refractivity contribution in [3.63, 3.8) is 0 Å². The van der Waals surface area contributed by atoms with E-state index in [1.165, 1.54) is 11.0 Å². The van der Waals surface area contributed by atoms with E-state index in [1.54, 1.807) is 6.92 Å². The molecule has 1 aliphatic heterocycles. The molecule has 134 valence electrons. The standard InChI is InChI=1S/C13H19N3O7S/c1-9-5-11(23-14-9)13(19)15-3-4-22-10(6-15)7-16(8-12(17)18)24(2,20)21/h5,10H,3-4,6-8H2,1-2H3,(H,17,18)/t10-/m0/s1. The van der Waals surface area contributed by atoms with Crippen molar-refractivity contribution < 1.29 is 32.4 Å². The van der Waals surface area contributed by atoms with Gasteiger partial charge in [-0.15, -0.1) is 0 Å². The lowest BCUT2D eigenvalue weighted by Gasteiger charge is -2.34. The van der Waals surface area contributed by atoms with Gasteiger partial charge in [-0.05, 0) is 6.92 Å². The van der Waals surface area contributed by atoms with E-state index in [-0.39, 0.29) is 31.4 Å². The Morgan fingerprint density at radius 1 is 1.50 bits per heavy atom. The van der Waals surface area contributed by atoms with Crippen LogP contribution in [0.1, 0.15) is 16.2 Å². The van der Waals surface area contributed by atoms with Crippen molar-refractivity contribution in [1.82, 2.24) is 14.4 Å². The number of rotatable bonds is 6. The fourth-order valence-corrected chi connectivity index (χ4v) is 3.11. The van der Waals surface area contributed by atoms with Crippen LogP contribution < -0.4 is 0 Å². The summed E-state index contributed by atoms with van der Waals surface area (Å²) in [4.78, 5) is 24.6. The summed E-state index contributed by atoms with van der Waals surface area (Å²) in [5.41, 5.74) is 0.577. The maximum atomic E-state index is 12.3. The Morgan fingerprint density at radius 3 is 2.75 bits per heavy atom. The van der Waals surface area contributed by atoms with E-state index in [4.69, 9.17) is 14.4 Å². The molecule has 0 radical (unpaired) electrons. The quantitative estimate of drug-likeness (QED) is 0.695. The first-order valence-corrected chi connectivity index (χ1v) is 9.02. The van der Waals surface area contributed by atoms with Crippen LogP contribution in [0.3, 0.4) is 0 Å². The topological polar surface area (TPSA) is 130 Å². The number of hydrogen-bond acceptors (Lipinski definition) is 7. The van der Waals surface area contributed by atoms with Crippen LogP contribution in [0.4, 0.5) is 0 Å². The minimum atomic E-state index is -3.71.